The van der Waals surface area contributed by atoms with Gasteiger partial charge in [0.25, 0.3) is 5.44 Å². The molecule has 0 spiro atoms. The predicted molar refractivity (Wildman–Crippen MR) is 84.7 cm³/mol. The Kier molecular flexibility index (Phi) is 5.99. The second-order valence-electron chi connectivity index (χ2n) is 5.20. The van der Waals surface area contributed by atoms with E-state index in [0.717, 1.165) is 6.26 Å². The highest BCUT2D eigenvalue weighted by Gasteiger charge is 2.40. The molecular formula is C14H17ClN2O5S. The number of carbonyl (C=O) groups excluding carboxylic acids is 1. The van der Waals surface area contributed by atoms with E-state index in [1.807, 2.05) is 0 Å². The molecular weight excluding hydrogens is 344 g/mol. The van der Waals surface area contributed by atoms with Gasteiger partial charge in [0.05, 0.1) is 11.2 Å². The molecule has 0 bridgehead atoms. The van der Waals surface area contributed by atoms with Gasteiger partial charge in [-0.1, -0.05) is 17.5 Å². The highest BCUT2D eigenvalue weighted by Crippen LogP contribution is 2.21. The van der Waals surface area contributed by atoms with Crippen LogP contribution in [-0.2, 0) is 14.6 Å². The normalized spacial score (nSPS) is 12.8. The smallest absolute Gasteiger partial charge is 0.304 e. The van der Waals surface area contributed by atoms with Gasteiger partial charge in [0.15, 0.2) is 9.84 Å². The van der Waals surface area contributed by atoms with E-state index in [0.29, 0.717) is 0 Å². The zero-order chi connectivity index (χ0) is 17.8. The number of rotatable bonds is 5. The second kappa shape index (κ2) is 7.17. The summed E-state index contributed by atoms with van der Waals surface area (Å²) in [6.07, 6.45) is 3.35. The SMILES string of the molecule is CC#CC(C)(C)N(O)C(=O)C(Oc1cncc(Cl)c1)S(C)(=O)=O. The molecule has 126 valence electrons. The van der Waals surface area contributed by atoms with Crippen molar-refractivity contribution in [3.05, 3.63) is 23.5 Å². The summed E-state index contributed by atoms with van der Waals surface area (Å²) in [5.74, 6) is 3.97. The highest BCUT2D eigenvalue weighted by molar-refractivity contribution is 7.91. The molecule has 0 saturated heterocycles. The van der Waals surface area contributed by atoms with Crippen LogP contribution in [-0.4, -0.2) is 46.8 Å². The van der Waals surface area contributed by atoms with Crippen molar-refractivity contribution in [2.45, 2.75) is 31.7 Å². The number of halogens is 1. The molecule has 1 aromatic rings. The third kappa shape index (κ3) is 5.10. The summed E-state index contributed by atoms with van der Waals surface area (Å²) < 4.78 is 28.9. The summed E-state index contributed by atoms with van der Waals surface area (Å²) >= 11 is 5.74. The maximum atomic E-state index is 12.4. The molecule has 23 heavy (non-hydrogen) atoms. The van der Waals surface area contributed by atoms with Crippen molar-refractivity contribution in [2.24, 2.45) is 0 Å². The second-order valence-corrected chi connectivity index (χ2v) is 7.73. The lowest BCUT2D eigenvalue weighted by molar-refractivity contribution is -0.185. The van der Waals surface area contributed by atoms with Crippen LogP contribution >= 0.6 is 11.6 Å². The van der Waals surface area contributed by atoms with Crippen LogP contribution < -0.4 is 4.74 Å². The molecule has 9 heteroatoms. The Morgan fingerprint density at radius 3 is 2.57 bits per heavy atom. The number of nitrogens with zero attached hydrogens (tertiary/aromatic N) is 2. The van der Waals surface area contributed by atoms with Gasteiger partial charge in [-0.3, -0.25) is 15.0 Å². The minimum atomic E-state index is -3.99. The van der Waals surface area contributed by atoms with E-state index in [9.17, 15) is 18.4 Å². The van der Waals surface area contributed by atoms with Crippen LogP contribution in [0.2, 0.25) is 5.02 Å². The summed E-state index contributed by atoms with van der Waals surface area (Å²) in [6, 6.07) is 1.30. The lowest BCUT2D eigenvalue weighted by atomic mass is 10.1. The summed E-state index contributed by atoms with van der Waals surface area (Å²) in [7, 11) is -3.99. The van der Waals surface area contributed by atoms with Crippen LogP contribution in [0.1, 0.15) is 20.8 Å². The van der Waals surface area contributed by atoms with Crippen LogP contribution in [0, 0.1) is 11.8 Å². The average Bonchev–Trinajstić information content (AvgIpc) is 2.42. The van der Waals surface area contributed by atoms with Gasteiger partial charge in [0.1, 0.15) is 11.3 Å². The van der Waals surface area contributed by atoms with Crippen molar-refractivity contribution in [3.63, 3.8) is 0 Å². The van der Waals surface area contributed by atoms with Crippen molar-refractivity contribution in [3.8, 4) is 17.6 Å². The van der Waals surface area contributed by atoms with Crippen molar-refractivity contribution in [1.82, 2.24) is 10.0 Å². The van der Waals surface area contributed by atoms with Gasteiger partial charge in [-0.2, -0.15) is 0 Å². The van der Waals surface area contributed by atoms with Gasteiger partial charge in [-0.25, -0.2) is 13.5 Å². The first kappa shape index (κ1) is 19.2. The fourth-order valence-corrected chi connectivity index (χ4v) is 2.55. The van der Waals surface area contributed by atoms with Crippen LogP contribution in [0.15, 0.2) is 18.5 Å². The number of pyridine rings is 1. The van der Waals surface area contributed by atoms with Crippen molar-refractivity contribution >= 4 is 27.3 Å². The quantitative estimate of drug-likeness (QED) is 0.485. The van der Waals surface area contributed by atoms with Gasteiger partial charge >= 0.3 is 5.91 Å². The molecule has 1 heterocycles. The Hall–Kier alpha value is -1.82. The van der Waals surface area contributed by atoms with E-state index in [-0.39, 0.29) is 15.8 Å². The lowest BCUT2D eigenvalue weighted by Crippen LogP contribution is -2.52. The number of amides is 1. The Morgan fingerprint density at radius 1 is 1.48 bits per heavy atom. The molecule has 0 aliphatic carbocycles. The number of aromatic nitrogens is 1. The maximum Gasteiger partial charge on any atom is 0.304 e. The fraction of sp³-hybridized carbons (Fsp3) is 0.429. The van der Waals surface area contributed by atoms with Gasteiger partial charge in [0.2, 0.25) is 0 Å². The Morgan fingerprint density at radius 2 is 2.09 bits per heavy atom. The molecule has 0 aliphatic heterocycles. The third-order valence-corrected chi connectivity index (χ3v) is 3.96. The molecule has 0 radical (unpaired) electrons. The molecule has 1 unspecified atom stereocenters. The topological polar surface area (TPSA) is 96.8 Å². The molecule has 0 aromatic carbocycles. The number of hydroxylamine groups is 2. The number of sulfone groups is 1. The van der Waals surface area contributed by atoms with Gasteiger partial charge < -0.3 is 4.74 Å². The summed E-state index contributed by atoms with van der Waals surface area (Å²) in [5.41, 5.74) is -3.24. The van der Waals surface area contributed by atoms with E-state index >= 15 is 0 Å². The molecule has 1 aromatic heterocycles. The molecule has 1 rings (SSSR count). The van der Waals surface area contributed by atoms with Crippen LogP contribution in [0.5, 0.6) is 5.75 Å². The number of hydrogen-bond acceptors (Lipinski definition) is 6. The first-order valence-corrected chi connectivity index (χ1v) is 8.75. The molecule has 0 aliphatic rings. The van der Waals surface area contributed by atoms with Crippen molar-refractivity contribution in [2.75, 3.05) is 6.26 Å². The number of hydrogen-bond donors (Lipinski definition) is 1. The molecule has 0 saturated carbocycles. The largest absolute Gasteiger partial charge is 0.463 e. The van der Waals surface area contributed by atoms with Crippen LogP contribution in [0.4, 0.5) is 0 Å². The van der Waals surface area contributed by atoms with E-state index in [1.165, 1.54) is 39.2 Å². The summed E-state index contributed by atoms with van der Waals surface area (Å²) in [4.78, 5) is 16.1. The summed E-state index contributed by atoms with van der Waals surface area (Å²) in [6.45, 7) is 4.45. The van der Waals surface area contributed by atoms with E-state index in [2.05, 4.69) is 16.8 Å². The molecule has 1 amide bonds. The summed E-state index contributed by atoms with van der Waals surface area (Å²) in [5, 5.41) is 10.5. The van der Waals surface area contributed by atoms with E-state index < -0.39 is 26.7 Å². The molecule has 1 N–H and O–H groups in total. The third-order valence-electron chi connectivity index (χ3n) is 2.68. The number of carbonyl (C=O) groups is 1. The first-order valence-electron chi connectivity index (χ1n) is 6.42. The predicted octanol–water partition coefficient (Wildman–Crippen LogP) is 1.50. The molecule has 1 atom stereocenters. The minimum absolute atomic E-state index is 0.0194. The maximum absolute atomic E-state index is 12.4. The molecule has 7 nitrogen and oxygen atoms in total. The Bertz CT molecular complexity index is 752. The Balaban J connectivity index is 3.17. The van der Waals surface area contributed by atoms with Crippen LogP contribution in [0.3, 0.4) is 0 Å². The highest BCUT2D eigenvalue weighted by atomic mass is 35.5. The van der Waals surface area contributed by atoms with Crippen LogP contribution in [0.25, 0.3) is 0 Å². The standard InChI is InChI=1S/C14H17ClN2O5S/c1-5-6-14(2,3)17(19)12(18)13(23(4,20)21)22-11-7-10(15)8-16-9-11/h7-9,13,19H,1-4H3. The zero-order valence-corrected chi connectivity index (χ0v) is 14.6. The zero-order valence-electron chi connectivity index (χ0n) is 13.1. The lowest BCUT2D eigenvalue weighted by Gasteiger charge is -2.30. The van der Waals surface area contributed by atoms with Crippen molar-refractivity contribution < 1.29 is 23.2 Å². The van der Waals surface area contributed by atoms with Gasteiger partial charge in [-0.15, -0.1) is 5.92 Å². The van der Waals surface area contributed by atoms with E-state index in [1.54, 1.807) is 0 Å². The first-order chi connectivity index (χ1) is 10.5. The van der Waals surface area contributed by atoms with Gasteiger partial charge in [-0.05, 0) is 20.8 Å². The fourth-order valence-electron chi connectivity index (χ4n) is 1.64. The molecule has 0 fully saturated rings. The van der Waals surface area contributed by atoms with Gasteiger partial charge in [0, 0.05) is 18.5 Å². The Labute approximate surface area is 140 Å². The average molecular weight is 361 g/mol. The number of ether oxygens (including phenoxy) is 1. The monoisotopic (exact) mass is 360 g/mol. The minimum Gasteiger partial charge on any atom is -0.463 e. The van der Waals surface area contributed by atoms with Crippen molar-refractivity contribution in [1.29, 1.82) is 0 Å². The van der Waals surface area contributed by atoms with E-state index in [4.69, 9.17) is 16.3 Å².